The summed E-state index contributed by atoms with van der Waals surface area (Å²) in [5, 5.41) is 0. The maximum absolute atomic E-state index is 4.92. The number of ether oxygens (including phenoxy) is 1. The molecule has 1 heteroatoms. The second-order valence-corrected chi connectivity index (χ2v) is 2.23. The maximum Gasteiger partial charge on any atom is 0.0887 e. The van der Waals surface area contributed by atoms with E-state index in [1.54, 1.807) is 7.11 Å². The molecule has 0 aliphatic heterocycles. The molecule has 0 saturated carbocycles. The predicted octanol–water partition coefficient (Wildman–Crippen LogP) is 2.19. The maximum atomic E-state index is 4.92. The first-order valence-electron chi connectivity index (χ1n) is 2.89. The summed E-state index contributed by atoms with van der Waals surface area (Å²) in [5.41, 5.74) is 0. The predicted molar refractivity (Wildman–Crippen MR) is 35.6 cm³/mol. The summed E-state index contributed by atoms with van der Waals surface area (Å²) < 4.78 is 4.92. The first-order valence-corrected chi connectivity index (χ1v) is 2.89. The number of rotatable bonds is 2. The van der Waals surface area contributed by atoms with E-state index in [9.17, 15) is 0 Å². The van der Waals surface area contributed by atoms with Crippen LogP contribution in [-0.2, 0) is 4.74 Å². The van der Waals surface area contributed by atoms with Crippen molar-refractivity contribution in [3.8, 4) is 0 Å². The highest BCUT2D eigenvalue weighted by Gasteiger charge is 1.87. The van der Waals surface area contributed by atoms with Crippen molar-refractivity contribution < 1.29 is 4.74 Å². The summed E-state index contributed by atoms with van der Waals surface area (Å²) in [4.78, 5) is 0. The van der Waals surface area contributed by atoms with Gasteiger partial charge in [-0.1, -0.05) is 13.8 Å². The molecule has 0 aromatic rings. The van der Waals surface area contributed by atoms with Crippen molar-refractivity contribution in [1.82, 2.24) is 0 Å². The molecule has 0 aromatic heterocycles. The van der Waals surface area contributed by atoms with Crippen molar-refractivity contribution in [1.29, 1.82) is 0 Å². The number of methoxy groups -OCH3 is 1. The SMILES string of the molecule is CO/C(C)=C/C(C)C. The van der Waals surface area contributed by atoms with Crippen LogP contribution in [0.5, 0.6) is 0 Å². The molecule has 0 aromatic carbocycles. The molecule has 0 radical (unpaired) electrons. The summed E-state index contributed by atoms with van der Waals surface area (Å²) in [5.74, 6) is 1.59. The molecule has 0 rings (SSSR count). The molecule has 48 valence electrons. The lowest BCUT2D eigenvalue weighted by Crippen LogP contribution is -1.84. The monoisotopic (exact) mass is 114 g/mol. The zero-order chi connectivity index (χ0) is 6.57. The van der Waals surface area contributed by atoms with Gasteiger partial charge in [-0.15, -0.1) is 0 Å². The Morgan fingerprint density at radius 1 is 1.50 bits per heavy atom. The van der Waals surface area contributed by atoms with E-state index in [4.69, 9.17) is 4.74 Å². The van der Waals surface area contributed by atoms with Gasteiger partial charge in [-0.2, -0.15) is 0 Å². The topological polar surface area (TPSA) is 9.23 Å². The summed E-state index contributed by atoms with van der Waals surface area (Å²) in [6.07, 6.45) is 2.08. The smallest absolute Gasteiger partial charge is 0.0887 e. The summed E-state index contributed by atoms with van der Waals surface area (Å²) in [7, 11) is 1.69. The highest BCUT2D eigenvalue weighted by atomic mass is 16.5. The van der Waals surface area contributed by atoms with Crippen molar-refractivity contribution in [3.63, 3.8) is 0 Å². The first-order chi connectivity index (χ1) is 3.66. The zero-order valence-corrected chi connectivity index (χ0v) is 6.06. The summed E-state index contributed by atoms with van der Waals surface area (Å²) >= 11 is 0. The Morgan fingerprint density at radius 3 is 2.12 bits per heavy atom. The zero-order valence-electron chi connectivity index (χ0n) is 6.06. The minimum absolute atomic E-state index is 0.593. The quantitative estimate of drug-likeness (QED) is 0.500. The second kappa shape index (κ2) is 3.53. The van der Waals surface area contributed by atoms with Gasteiger partial charge in [0.1, 0.15) is 0 Å². The van der Waals surface area contributed by atoms with Crippen molar-refractivity contribution in [2.24, 2.45) is 5.92 Å². The molecule has 0 spiro atoms. The molecule has 0 heterocycles. The molecule has 0 aliphatic carbocycles. The third kappa shape index (κ3) is 3.72. The normalized spacial score (nSPS) is 12.4. The Balaban J connectivity index is 3.56. The average Bonchev–Trinajstić information content (AvgIpc) is 1.65. The lowest BCUT2D eigenvalue weighted by Gasteiger charge is -1.99. The third-order valence-electron chi connectivity index (χ3n) is 0.890. The van der Waals surface area contributed by atoms with Gasteiger partial charge in [-0.25, -0.2) is 0 Å². The lowest BCUT2D eigenvalue weighted by molar-refractivity contribution is 0.290. The minimum Gasteiger partial charge on any atom is -0.502 e. The fourth-order valence-electron chi connectivity index (χ4n) is 0.537. The van der Waals surface area contributed by atoms with Crippen molar-refractivity contribution in [2.45, 2.75) is 20.8 Å². The van der Waals surface area contributed by atoms with E-state index in [0.29, 0.717) is 5.92 Å². The molecular formula is C7H14O. The molecule has 0 bridgehead atoms. The van der Waals surface area contributed by atoms with Gasteiger partial charge >= 0.3 is 0 Å². The van der Waals surface area contributed by atoms with E-state index in [1.807, 2.05) is 6.92 Å². The van der Waals surface area contributed by atoms with Gasteiger partial charge in [0.05, 0.1) is 12.9 Å². The molecule has 8 heavy (non-hydrogen) atoms. The second-order valence-electron chi connectivity index (χ2n) is 2.23. The van der Waals surface area contributed by atoms with E-state index in [-0.39, 0.29) is 0 Å². The Morgan fingerprint density at radius 2 is 2.00 bits per heavy atom. The van der Waals surface area contributed by atoms with Gasteiger partial charge in [0.2, 0.25) is 0 Å². The molecule has 0 amide bonds. The van der Waals surface area contributed by atoms with E-state index in [2.05, 4.69) is 19.9 Å². The Labute approximate surface area is 51.4 Å². The Bertz CT molecular complexity index is 82.4. The van der Waals surface area contributed by atoms with Crippen molar-refractivity contribution in [3.05, 3.63) is 11.8 Å². The molecule has 1 nitrogen and oxygen atoms in total. The third-order valence-corrected chi connectivity index (χ3v) is 0.890. The van der Waals surface area contributed by atoms with Crippen LogP contribution < -0.4 is 0 Å². The Kier molecular flexibility index (Phi) is 3.33. The van der Waals surface area contributed by atoms with Crippen LogP contribution in [0.15, 0.2) is 11.8 Å². The van der Waals surface area contributed by atoms with E-state index >= 15 is 0 Å². The fourth-order valence-corrected chi connectivity index (χ4v) is 0.537. The van der Waals surface area contributed by atoms with Crippen molar-refractivity contribution in [2.75, 3.05) is 7.11 Å². The Hall–Kier alpha value is -0.460. The van der Waals surface area contributed by atoms with Gasteiger partial charge in [0.25, 0.3) is 0 Å². The van der Waals surface area contributed by atoms with Gasteiger partial charge in [0.15, 0.2) is 0 Å². The highest BCUT2D eigenvalue weighted by molar-refractivity contribution is 4.89. The largest absolute Gasteiger partial charge is 0.502 e. The van der Waals surface area contributed by atoms with Crippen LogP contribution in [-0.4, -0.2) is 7.11 Å². The van der Waals surface area contributed by atoms with Crippen LogP contribution in [0, 0.1) is 5.92 Å². The average molecular weight is 114 g/mol. The van der Waals surface area contributed by atoms with E-state index in [0.717, 1.165) is 5.76 Å². The minimum atomic E-state index is 0.593. The number of hydrogen-bond acceptors (Lipinski definition) is 1. The van der Waals surface area contributed by atoms with Gasteiger partial charge in [-0.05, 0) is 18.9 Å². The van der Waals surface area contributed by atoms with Crippen LogP contribution in [0.25, 0.3) is 0 Å². The molecule has 0 fully saturated rings. The fraction of sp³-hybridized carbons (Fsp3) is 0.714. The summed E-state index contributed by atoms with van der Waals surface area (Å²) in [6.45, 7) is 6.21. The summed E-state index contributed by atoms with van der Waals surface area (Å²) in [6, 6.07) is 0. The molecule has 0 saturated heterocycles. The molecule has 0 N–H and O–H groups in total. The van der Waals surface area contributed by atoms with Crippen LogP contribution in [0.2, 0.25) is 0 Å². The molecule has 0 aliphatic rings. The van der Waals surface area contributed by atoms with E-state index in [1.165, 1.54) is 0 Å². The number of allylic oxidation sites excluding steroid dienone is 2. The standard InChI is InChI=1S/C7H14O/c1-6(2)5-7(3)8-4/h5-6H,1-4H3/b7-5+. The van der Waals surface area contributed by atoms with Gasteiger partial charge in [-0.3, -0.25) is 0 Å². The lowest BCUT2D eigenvalue weighted by atomic mass is 10.2. The van der Waals surface area contributed by atoms with Gasteiger partial charge in [0, 0.05) is 0 Å². The first kappa shape index (κ1) is 7.54. The molecular weight excluding hydrogens is 100 g/mol. The van der Waals surface area contributed by atoms with Crippen LogP contribution in [0.3, 0.4) is 0 Å². The highest BCUT2D eigenvalue weighted by Crippen LogP contribution is 2.00. The van der Waals surface area contributed by atoms with Crippen LogP contribution in [0.4, 0.5) is 0 Å². The van der Waals surface area contributed by atoms with Crippen LogP contribution in [0.1, 0.15) is 20.8 Å². The van der Waals surface area contributed by atoms with Gasteiger partial charge < -0.3 is 4.74 Å². The molecule has 0 atom stereocenters. The van der Waals surface area contributed by atoms with Crippen molar-refractivity contribution >= 4 is 0 Å². The molecule has 0 unspecified atom stereocenters. The number of hydrogen-bond donors (Lipinski definition) is 0. The van der Waals surface area contributed by atoms with E-state index < -0.39 is 0 Å². The van der Waals surface area contributed by atoms with Crippen LogP contribution >= 0.6 is 0 Å².